The zero-order valence-electron chi connectivity index (χ0n) is 20.8. The van der Waals surface area contributed by atoms with Gasteiger partial charge in [-0.1, -0.05) is 54.7 Å². The number of allylic oxidation sites excluding steroid dienone is 1. The molecule has 2 atom stereocenters. The third-order valence-corrected chi connectivity index (χ3v) is 6.28. The van der Waals surface area contributed by atoms with Crippen LogP contribution in [0.4, 0.5) is 0 Å². The van der Waals surface area contributed by atoms with Gasteiger partial charge in [-0.25, -0.2) is 0 Å². The molecule has 0 spiro atoms. The molecule has 0 aliphatic heterocycles. The van der Waals surface area contributed by atoms with Crippen LogP contribution in [-0.2, 0) is 21.6 Å². The summed E-state index contributed by atoms with van der Waals surface area (Å²) in [5.41, 5.74) is 2.96. The Kier molecular flexibility index (Phi) is 11.4. The average molecular weight is 564 g/mol. The minimum atomic E-state index is -0.944. The number of benzene rings is 2. The van der Waals surface area contributed by atoms with Gasteiger partial charge in [0.05, 0.1) is 13.0 Å². The zero-order valence-corrected chi connectivity index (χ0v) is 23.5. The lowest BCUT2D eigenvalue weighted by Crippen LogP contribution is -2.16. The van der Waals surface area contributed by atoms with Crippen LogP contribution in [0.25, 0.3) is 0 Å². The summed E-state index contributed by atoms with van der Waals surface area (Å²) in [6, 6.07) is 11.3. The quantitative estimate of drug-likeness (QED) is 0.160. The Balaban J connectivity index is 2.18. The van der Waals surface area contributed by atoms with Gasteiger partial charge in [-0.15, -0.1) is 9.24 Å². The van der Waals surface area contributed by atoms with Crippen molar-refractivity contribution in [2.45, 2.75) is 52.1 Å². The van der Waals surface area contributed by atoms with Gasteiger partial charge in [0, 0.05) is 33.8 Å². The van der Waals surface area contributed by atoms with Crippen LogP contribution in [0.15, 0.2) is 52.8 Å². The molecule has 1 unspecified atom stereocenters. The van der Waals surface area contributed by atoms with Gasteiger partial charge in [0.1, 0.15) is 24.7 Å². The first-order chi connectivity index (χ1) is 16.6. The van der Waals surface area contributed by atoms with Gasteiger partial charge in [-0.3, -0.25) is 4.79 Å². The van der Waals surface area contributed by atoms with Crippen molar-refractivity contribution in [1.29, 1.82) is 5.41 Å². The number of hydrogen-bond acceptors (Lipinski definition) is 5. The maximum Gasteiger partial charge on any atom is 0.304 e. The van der Waals surface area contributed by atoms with Crippen LogP contribution >= 0.6 is 25.2 Å². The topological polar surface area (TPSA) is 88.8 Å². The molecule has 0 heterocycles. The second kappa shape index (κ2) is 13.8. The average Bonchev–Trinajstić information content (AvgIpc) is 2.79. The van der Waals surface area contributed by atoms with Crippen molar-refractivity contribution in [2.24, 2.45) is 0 Å². The predicted molar refractivity (Wildman–Crippen MR) is 147 cm³/mol. The molecule has 35 heavy (non-hydrogen) atoms. The van der Waals surface area contributed by atoms with Crippen LogP contribution in [0, 0.1) is 5.41 Å². The van der Waals surface area contributed by atoms with Crippen molar-refractivity contribution >= 4 is 36.9 Å². The SMILES string of the molecule is CCOCCOc1cc(COc2ccc([C@H](CC(=O)O)C(=N)/C=C\P)cc2)c(Br)cc1C(C)(C)C. The molecule has 2 aromatic rings. The number of ether oxygens (including phenoxy) is 3. The lowest BCUT2D eigenvalue weighted by atomic mass is 9.86. The first-order valence-electron chi connectivity index (χ1n) is 11.5. The highest BCUT2D eigenvalue weighted by Crippen LogP contribution is 2.36. The van der Waals surface area contributed by atoms with Gasteiger partial charge in [0.2, 0.25) is 0 Å². The summed E-state index contributed by atoms with van der Waals surface area (Å²) in [6.45, 7) is 10.4. The molecule has 0 aliphatic carbocycles. The predicted octanol–water partition coefficient (Wildman–Crippen LogP) is 6.71. The summed E-state index contributed by atoms with van der Waals surface area (Å²) >= 11 is 3.68. The van der Waals surface area contributed by atoms with Crippen molar-refractivity contribution < 1.29 is 24.1 Å². The van der Waals surface area contributed by atoms with E-state index >= 15 is 0 Å². The molecule has 0 amide bonds. The molecule has 2 N–H and O–H groups in total. The number of carboxylic acid groups (broad SMARTS) is 1. The van der Waals surface area contributed by atoms with Crippen LogP contribution in [0.1, 0.15) is 56.7 Å². The molecule has 8 heteroatoms. The molecular weight excluding hydrogens is 529 g/mol. The van der Waals surface area contributed by atoms with Gasteiger partial charge >= 0.3 is 5.97 Å². The van der Waals surface area contributed by atoms with E-state index in [1.54, 1.807) is 24.0 Å². The molecule has 2 aromatic carbocycles. The van der Waals surface area contributed by atoms with Gasteiger partial charge < -0.3 is 24.7 Å². The molecule has 0 radical (unpaired) electrons. The molecule has 0 aromatic heterocycles. The van der Waals surface area contributed by atoms with Gasteiger partial charge in [-0.05, 0) is 48.2 Å². The van der Waals surface area contributed by atoms with Crippen LogP contribution in [0.3, 0.4) is 0 Å². The second-order valence-corrected chi connectivity index (χ2v) is 10.3. The summed E-state index contributed by atoms with van der Waals surface area (Å²) in [7, 11) is 2.41. The normalized spacial score (nSPS) is 12.5. The van der Waals surface area contributed by atoms with Crippen LogP contribution in [-0.4, -0.2) is 36.6 Å². The second-order valence-electron chi connectivity index (χ2n) is 9.06. The number of nitrogens with one attached hydrogen (secondary N) is 1. The number of halogens is 1. The molecule has 2 rings (SSSR count). The third-order valence-electron chi connectivity index (χ3n) is 5.35. The van der Waals surface area contributed by atoms with Gasteiger partial charge in [-0.2, -0.15) is 0 Å². The number of carboxylic acids is 1. The van der Waals surface area contributed by atoms with E-state index in [1.807, 2.05) is 25.1 Å². The van der Waals surface area contributed by atoms with E-state index in [0.717, 1.165) is 26.9 Å². The van der Waals surface area contributed by atoms with E-state index in [4.69, 9.17) is 19.6 Å². The number of carbonyl (C=O) groups is 1. The Hall–Kier alpha value is -2.21. The first kappa shape index (κ1) is 29.0. The highest BCUT2D eigenvalue weighted by Gasteiger charge is 2.22. The Bertz CT molecular complexity index is 1030. The first-order valence-corrected chi connectivity index (χ1v) is 13.0. The smallest absolute Gasteiger partial charge is 0.304 e. The molecule has 0 bridgehead atoms. The fraction of sp³-hybridized carbons (Fsp3) is 0.407. The minimum Gasteiger partial charge on any atom is -0.491 e. The molecule has 0 saturated carbocycles. The van der Waals surface area contributed by atoms with E-state index in [0.29, 0.717) is 32.2 Å². The third kappa shape index (κ3) is 9.06. The number of rotatable bonds is 13. The molecule has 0 fully saturated rings. The largest absolute Gasteiger partial charge is 0.491 e. The Labute approximate surface area is 218 Å². The summed E-state index contributed by atoms with van der Waals surface area (Å²) < 4.78 is 18.4. The fourth-order valence-electron chi connectivity index (χ4n) is 3.53. The van der Waals surface area contributed by atoms with E-state index in [9.17, 15) is 9.90 Å². The summed E-state index contributed by atoms with van der Waals surface area (Å²) in [4.78, 5) is 11.3. The maximum absolute atomic E-state index is 11.3. The van der Waals surface area contributed by atoms with E-state index < -0.39 is 11.9 Å². The van der Waals surface area contributed by atoms with Crippen molar-refractivity contribution in [3.63, 3.8) is 0 Å². The van der Waals surface area contributed by atoms with Gasteiger partial charge in [0.15, 0.2) is 0 Å². The van der Waals surface area contributed by atoms with Crippen LogP contribution in [0.5, 0.6) is 11.5 Å². The molecule has 0 aliphatic rings. The Morgan fingerprint density at radius 2 is 1.86 bits per heavy atom. The van der Waals surface area contributed by atoms with Crippen molar-refractivity contribution in [2.75, 3.05) is 19.8 Å². The highest BCUT2D eigenvalue weighted by atomic mass is 79.9. The Morgan fingerprint density at radius 3 is 2.43 bits per heavy atom. The molecule has 6 nitrogen and oxygen atoms in total. The van der Waals surface area contributed by atoms with Crippen molar-refractivity contribution in [3.05, 3.63) is 69.5 Å². The number of hydrogen-bond donors (Lipinski definition) is 2. The summed E-state index contributed by atoms with van der Waals surface area (Å²) in [5, 5.41) is 17.4. The summed E-state index contributed by atoms with van der Waals surface area (Å²) in [6.07, 6.45) is 1.45. The van der Waals surface area contributed by atoms with Crippen LogP contribution < -0.4 is 9.47 Å². The summed E-state index contributed by atoms with van der Waals surface area (Å²) in [5.74, 6) is 1.66. The highest BCUT2D eigenvalue weighted by molar-refractivity contribution is 9.10. The molecule has 190 valence electrons. The zero-order chi connectivity index (χ0) is 26.0. The van der Waals surface area contributed by atoms with Crippen LogP contribution in [0.2, 0.25) is 0 Å². The van der Waals surface area contributed by atoms with E-state index in [1.165, 1.54) is 0 Å². The van der Waals surface area contributed by atoms with E-state index in [2.05, 4.69) is 52.0 Å². The van der Waals surface area contributed by atoms with Crippen molar-refractivity contribution in [3.8, 4) is 11.5 Å². The molecular formula is C27H35BrNO5P. The Morgan fingerprint density at radius 1 is 1.17 bits per heavy atom. The fourth-order valence-corrected chi connectivity index (χ4v) is 4.19. The standard InChI is InChI=1S/C27H35BrNO5P/c1-5-32-11-12-33-25-14-19(23(28)16-22(25)27(2,3)4)17-34-20-8-6-18(7-9-20)21(15-26(30)31)24(29)10-13-35/h6-10,13-14,16,21,29H,5,11-12,15,17,35H2,1-4H3,(H,30,31)/b13-10-,29-24?/t21-/m0/s1. The minimum absolute atomic E-state index is 0.0927. The molecule has 0 saturated heterocycles. The van der Waals surface area contributed by atoms with E-state index in [-0.39, 0.29) is 17.5 Å². The lowest BCUT2D eigenvalue weighted by molar-refractivity contribution is -0.137. The monoisotopic (exact) mass is 563 g/mol. The maximum atomic E-state index is 11.3. The van der Waals surface area contributed by atoms with Crippen molar-refractivity contribution in [1.82, 2.24) is 0 Å². The number of aliphatic carboxylic acids is 1. The van der Waals surface area contributed by atoms with Gasteiger partial charge in [0.25, 0.3) is 0 Å². The lowest BCUT2D eigenvalue weighted by Gasteiger charge is -2.24.